The monoisotopic (exact) mass is 399 g/mol. The first-order chi connectivity index (χ1) is 13.0. The minimum atomic E-state index is -1.37. The first-order valence-electron chi connectivity index (χ1n) is 8.89. The molecule has 1 unspecified atom stereocenters. The molecule has 28 heavy (non-hydrogen) atoms. The highest BCUT2D eigenvalue weighted by Crippen LogP contribution is 2.24. The largest absolute Gasteiger partial charge is 0.481 e. The first kappa shape index (κ1) is 23.5. The van der Waals surface area contributed by atoms with Crippen LogP contribution in [0.15, 0.2) is 24.3 Å². The lowest BCUT2D eigenvalue weighted by Crippen LogP contribution is -2.42. The lowest BCUT2D eigenvalue weighted by Gasteiger charge is -2.31. The molecule has 8 nitrogen and oxygen atoms in total. The number of nitrogens with zero attached hydrogens (tertiary/aromatic N) is 1. The van der Waals surface area contributed by atoms with Crippen molar-refractivity contribution in [3.05, 3.63) is 35.6 Å². The zero-order valence-corrected chi connectivity index (χ0v) is 15.8. The van der Waals surface area contributed by atoms with E-state index < -0.39 is 54.3 Å². The lowest BCUT2D eigenvalue weighted by molar-refractivity contribution is -0.152. The zero-order chi connectivity index (χ0) is 21.4. The van der Waals surface area contributed by atoms with E-state index in [0.29, 0.717) is 0 Å². The Morgan fingerprint density at radius 3 is 2.07 bits per heavy atom. The number of carbonyl (C=O) groups is 3. The summed E-state index contributed by atoms with van der Waals surface area (Å²) in [6.45, 7) is 3.07. The smallest absolute Gasteiger partial charge is 0.331 e. The number of benzene rings is 1. The number of carboxylic acids is 2. The van der Waals surface area contributed by atoms with Crippen LogP contribution in [0.2, 0.25) is 0 Å². The lowest BCUT2D eigenvalue weighted by atomic mass is 10.0. The normalized spacial score (nSPS) is 14.4. The number of carboxylic acid groups (broad SMARTS) is 2. The van der Waals surface area contributed by atoms with Crippen molar-refractivity contribution in [1.29, 1.82) is 0 Å². The summed E-state index contributed by atoms with van der Waals surface area (Å²) in [6, 6.07) is 3.39. The average molecular weight is 399 g/mol. The topological polar surface area (TPSA) is 135 Å². The molecule has 1 aromatic carbocycles. The van der Waals surface area contributed by atoms with Gasteiger partial charge in [-0.3, -0.25) is 9.59 Å². The van der Waals surface area contributed by atoms with Crippen molar-refractivity contribution in [2.45, 2.75) is 51.4 Å². The molecule has 0 saturated carbocycles. The minimum absolute atomic E-state index is 0.0554. The van der Waals surface area contributed by atoms with E-state index in [0.717, 1.165) is 17.0 Å². The fourth-order valence-electron chi connectivity index (χ4n) is 2.80. The molecule has 9 heteroatoms. The van der Waals surface area contributed by atoms with Crippen LogP contribution in [0, 0.1) is 11.7 Å². The first-order valence-corrected chi connectivity index (χ1v) is 8.89. The molecule has 0 fully saturated rings. The van der Waals surface area contributed by atoms with E-state index in [4.69, 9.17) is 5.11 Å². The fourth-order valence-corrected chi connectivity index (χ4v) is 2.80. The quantitative estimate of drug-likeness (QED) is 0.442. The second-order valence-corrected chi connectivity index (χ2v) is 6.91. The number of aliphatic carboxylic acids is 2. The van der Waals surface area contributed by atoms with Crippen LogP contribution in [0.5, 0.6) is 0 Å². The van der Waals surface area contributed by atoms with Gasteiger partial charge in [-0.05, 0) is 30.5 Å². The molecule has 4 N–H and O–H groups in total. The number of aliphatic hydroxyl groups is 2. The molecule has 0 saturated heterocycles. The van der Waals surface area contributed by atoms with Gasteiger partial charge in [-0.15, -0.1) is 0 Å². The van der Waals surface area contributed by atoms with Crippen molar-refractivity contribution in [2.24, 2.45) is 5.92 Å². The van der Waals surface area contributed by atoms with Crippen molar-refractivity contribution in [1.82, 2.24) is 4.90 Å². The third-order valence-corrected chi connectivity index (χ3v) is 4.17. The molecule has 0 aliphatic carbocycles. The third-order valence-electron chi connectivity index (χ3n) is 4.17. The average Bonchev–Trinajstić information content (AvgIpc) is 2.57. The van der Waals surface area contributed by atoms with Gasteiger partial charge in [0.1, 0.15) is 5.82 Å². The molecule has 1 rings (SSSR count). The van der Waals surface area contributed by atoms with Gasteiger partial charge in [0.15, 0.2) is 6.04 Å². The van der Waals surface area contributed by atoms with E-state index in [1.807, 2.05) is 0 Å². The van der Waals surface area contributed by atoms with Crippen LogP contribution in [0.25, 0.3) is 0 Å². The molecule has 0 radical (unpaired) electrons. The molecule has 1 aromatic rings. The Bertz CT molecular complexity index is 677. The van der Waals surface area contributed by atoms with Gasteiger partial charge in [0.2, 0.25) is 5.91 Å². The van der Waals surface area contributed by atoms with Crippen molar-refractivity contribution in [3.8, 4) is 0 Å². The maximum absolute atomic E-state index is 13.2. The summed E-state index contributed by atoms with van der Waals surface area (Å²) >= 11 is 0. The van der Waals surface area contributed by atoms with Gasteiger partial charge in [-0.2, -0.15) is 0 Å². The highest BCUT2D eigenvalue weighted by Gasteiger charge is 2.32. The summed E-state index contributed by atoms with van der Waals surface area (Å²) in [6.07, 6.45) is -3.18. The number of hydrogen-bond acceptors (Lipinski definition) is 5. The van der Waals surface area contributed by atoms with E-state index in [-0.39, 0.29) is 24.9 Å². The van der Waals surface area contributed by atoms with Crippen LogP contribution in [0.1, 0.15) is 44.7 Å². The van der Waals surface area contributed by atoms with E-state index in [2.05, 4.69) is 0 Å². The maximum atomic E-state index is 13.2. The summed E-state index contributed by atoms with van der Waals surface area (Å²) in [5, 5.41) is 37.9. The predicted octanol–water partition coefficient (Wildman–Crippen LogP) is 1.41. The molecular weight excluding hydrogens is 373 g/mol. The van der Waals surface area contributed by atoms with Gasteiger partial charge in [0.05, 0.1) is 18.6 Å². The molecule has 1 amide bonds. The van der Waals surface area contributed by atoms with Crippen LogP contribution >= 0.6 is 0 Å². The van der Waals surface area contributed by atoms with Crippen LogP contribution in [0.3, 0.4) is 0 Å². The second kappa shape index (κ2) is 10.7. The molecule has 0 bridgehead atoms. The molecule has 0 aliphatic rings. The van der Waals surface area contributed by atoms with E-state index in [1.165, 1.54) is 12.1 Å². The summed E-state index contributed by atoms with van der Waals surface area (Å²) in [7, 11) is 0. The van der Waals surface area contributed by atoms with Gasteiger partial charge in [0, 0.05) is 12.5 Å². The van der Waals surface area contributed by atoms with Crippen molar-refractivity contribution in [3.63, 3.8) is 0 Å². The molecule has 0 aliphatic heterocycles. The highest BCUT2D eigenvalue weighted by molar-refractivity contribution is 5.85. The predicted molar refractivity (Wildman–Crippen MR) is 96.8 cm³/mol. The van der Waals surface area contributed by atoms with Crippen molar-refractivity contribution in [2.75, 3.05) is 6.54 Å². The van der Waals surface area contributed by atoms with Crippen LogP contribution < -0.4 is 0 Å². The summed E-state index contributed by atoms with van der Waals surface area (Å²) in [4.78, 5) is 36.1. The van der Waals surface area contributed by atoms with E-state index >= 15 is 0 Å². The minimum Gasteiger partial charge on any atom is -0.481 e. The van der Waals surface area contributed by atoms with Crippen molar-refractivity contribution < 1.29 is 39.2 Å². The van der Waals surface area contributed by atoms with Crippen LogP contribution in [-0.4, -0.2) is 61.9 Å². The SMILES string of the molecule is CC(C)C(=O)N(CC[C@@H](O)C[C@@H](O)CC(=O)O)C(C(=O)O)c1ccc(F)cc1. The highest BCUT2D eigenvalue weighted by atomic mass is 19.1. The molecule has 0 spiro atoms. The second-order valence-electron chi connectivity index (χ2n) is 6.91. The van der Waals surface area contributed by atoms with E-state index in [1.54, 1.807) is 13.8 Å². The number of hydrogen-bond donors (Lipinski definition) is 4. The standard InChI is InChI=1S/C19H26FNO7/c1-11(2)18(26)21(8-7-14(22)9-15(23)10-16(24)25)17(19(27)28)12-3-5-13(20)6-4-12/h3-6,11,14-15,17,22-23H,7-10H2,1-2H3,(H,24,25)(H,27,28)/t14-,15-,17?/m1/s1. The number of amides is 1. The Labute approximate surface area is 162 Å². The molecule has 3 atom stereocenters. The van der Waals surface area contributed by atoms with Gasteiger partial charge >= 0.3 is 11.9 Å². The number of rotatable bonds is 11. The van der Waals surface area contributed by atoms with Gasteiger partial charge in [-0.1, -0.05) is 26.0 Å². The Morgan fingerprint density at radius 2 is 1.61 bits per heavy atom. The molecule has 0 aromatic heterocycles. The van der Waals surface area contributed by atoms with Crippen LogP contribution in [0.4, 0.5) is 4.39 Å². The third kappa shape index (κ3) is 7.24. The number of carbonyl (C=O) groups excluding carboxylic acids is 1. The Kier molecular flexibility index (Phi) is 9.01. The number of halogens is 1. The Hall–Kier alpha value is -2.52. The molecular formula is C19H26FNO7. The summed E-state index contributed by atoms with van der Waals surface area (Å²) in [5.74, 6) is -4.04. The van der Waals surface area contributed by atoms with E-state index in [9.17, 15) is 34.1 Å². The summed E-state index contributed by atoms with van der Waals surface area (Å²) < 4.78 is 13.2. The van der Waals surface area contributed by atoms with Crippen LogP contribution in [-0.2, 0) is 14.4 Å². The van der Waals surface area contributed by atoms with Crippen molar-refractivity contribution >= 4 is 17.8 Å². The maximum Gasteiger partial charge on any atom is 0.331 e. The Morgan fingerprint density at radius 1 is 1.04 bits per heavy atom. The fraction of sp³-hybridized carbons (Fsp3) is 0.526. The molecule has 156 valence electrons. The van der Waals surface area contributed by atoms with Gasteiger partial charge in [-0.25, -0.2) is 9.18 Å². The number of aliphatic hydroxyl groups excluding tert-OH is 2. The van der Waals surface area contributed by atoms with Gasteiger partial charge in [0.25, 0.3) is 0 Å². The molecule has 0 heterocycles. The van der Waals surface area contributed by atoms with Gasteiger partial charge < -0.3 is 25.3 Å². The zero-order valence-electron chi connectivity index (χ0n) is 15.8. The summed E-state index contributed by atoms with van der Waals surface area (Å²) in [5.41, 5.74) is 0.211. The Balaban J connectivity index is 2.97.